The van der Waals surface area contributed by atoms with Gasteiger partial charge in [0.1, 0.15) is 11.5 Å². The van der Waals surface area contributed by atoms with Gasteiger partial charge in [0.15, 0.2) is 0 Å². The number of rotatable bonds is 7. The molecule has 0 aliphatic carbocycles. The van der Waals surface area contributed by atoms with E-state index in [4.69, 9.17) is 14.2 Å². The van der Waals surface area contributed by atoms with Crippen molar-refractivity contribution in [3.05, 3.63) is 157 Å². The van der Waals surface area contributed by atoms with E-state index in [0.717, 1.165) is 45.8 Å². The third-order valence-electron chi connectivity index (χ3n) is 5.41. The minimum atomic E-state index is 0. The molecule has 3 nitrogen and oxygen atoms in total. The third kappa shape index (κ3) is 17.8. The number of aryl methyl sites for hydroxylation is 3. The fraction of sp³-hybridized carbons (Fsp3) is 0.189. The van der Waals surface area contributed by atoms with E-state index in [9.17, 15) is 0 Å². The van der Waals surface area contributed by atoms with Crippen molar-refractivity contribution in [2.45, 2.75) is 41.5 Å². The molecule has 0 fully saturated rings. The second-order valence-electron chi connectivity index (χ2n) is 9.15. The van der Waals surface area contributed by atoms with Gasteiger partial charge in [0.25, 0.3) is 0 Å². The Morgan fingerprint density at radius 2 is 1.09 bits per heavy atom. The van der Waals surface area contributed by atoms with E-state index in [1.807, 2.05) is 175 Å². The maximum Gasteiger partial charge on any atom is 4.00 e. The molecule has 5 aromatic carbocycles. The van der Waals surface area contributed by atoms with Crippen LogP contribution in [0.1, 0.15) is 37.5 Å². The maximum atomic E-state index is 5.80. The summed E-state index contributed by atoms with van der Waals surface area (Å²) in [5.41, 5.74) is 3.41. The molecule has 0 saturated heterocycles. The van der Waals surface area contributed by atoms with E-state index >= 15 is 0 Å². The summed E-state index contributed by atoms with van der Waals surface area (Å²) in [4.78, 5) is 0. The van der Waals surface area contributed by atoms with Gasteiger partial charge in [-0.3, -0.25) is 0 Å². The minimum absolute atomic E-state index is 0. The van der Waals surface area contributed by atoms with Crippen LogP contribution in [0.15, 0.2) is 127 Å². The number of para-hydroxylation sites is 3. The zero-order valence-corrected chi connectivity index (χ0v) is 29.9. The zero-order valence-electron chi connectivity index (χ0n) is 25.9. The molecule has 0 bridgehead atoms. The summed E-state index contributed by atoms with van der Waals surface area (Å²) >= 11 is 0. The minimum Gasteiger partial charge on any atom is -1.00 e. The van der Waals surface area contributed by atoms with Crippen LogP contribution in [0.3, 0.4) is 0 Å². The third-order valence-corrected chi connectivity index (χ3v) is 5.41. The molecule has 0 radical (unpaired) electrons. The SMILES string of the molecule is C[CH-]C.Cc1ccccc1OC[C-](C)Oc1ccccc1C.Cc1ccccc1Oc1ccc[cH-]1.[Cl-].[Cl-].[Zr+4].c1cc[cH-]c1. The summed E-state index contributed by atoms with van der Waals surface area (Å²) in [5.74, 6) is 3.60. The van der Waals surface area contributed by atoms with Crippen molar-refractivity contribution in [1.82, 2.24) is 0 Å². The molecule has 228 valence electrons. The first-order valence-corrected chi connectivity index (χ1v) is 13.5. The molecule has 0 aromatic heterocycles. The van der Waals surface area contributed by atoms with Crippen LogP contribution in [0, 0.1) is 33.3 Å². The summed E-state index contributed by atoms with van der Waals surface area (Å²) in [6.45, 7) is 12.5. The van der Waals surface area contributed by atoms with Crippen LogP contribution in [0.25, 0.3) is 0 Å². The van der Waals surface area contributed by atoms with Crippen LogP contribution >= 0.6 is 0 Å². The normalized spacial score (nSPS) is 9.00. The molecule has 5 aromatic rings. The predicted molar refractivity (Wildman–Crippen MR) is 168 cm³/mol. The Balaban J connectivity index is 0. The molecule has 6 heteroatoms. The standard InChI is InChI=1S/C17H19O2.C12H11O.C5H5.C3H7.2ClH.Zr/c1-13-8-4-6-10-16(13)18-12-15(3)19-17-11-7-5-9-14(17)2;1-10-6-2-5-9-12(10)13-11-7-3-4-8-11;1-2-4-5-3-1;1-3-2;;;/h4-11H,12H2,1-3H3;2-9H,1H3;1-5H;3H,1-2H3;2*1H;/q4*-1;;;+4/p-2. The van der Waals surface area contributed by atoms with Gasteiger partial charge in [-0.1, -0.05) is 54.6 Å². The van der Waals surface area contributed by atoms with Gasteiger partial charge in [-0.15, -0.1) is 12.2 Å². The monoisotopic (exact) mass is 694 g/mol. The summed E-state index contributed by atoms with van der Waals surface area (Å²) < 4.78 is 17.2. The van der Waals surface area contributed by atoms with Gasteiger partial charge in [0, 0.05) is 12.4 Å². The molecule has 0 amide bonds. The molecule has 0 N–H and O–H groups in total. The van der Waals surface area contributed by atoms with Crippen LogP contribution < -0.4 is 39.0 Å². The van der Waals surface area contributed by atoms with Gasteiger partial charge >= 0.3 is 26.2 Å². The Labute approximate surface area is 291 Å². The fourth-order valence-electron chi connectivity index (χ4n) is 3.33. The molecule has 0 aliphatic heterocycles. The average molecular weight is 697 g/mol. The average Bonchev–Trinajstić information content (AvgIpc) is 3.70. The maximum absolute atomic E-state index is 5.80. The molecular weight excluding hydrogens is 655 g/mol. The molecular formula is C37H42Cl2O3Zr-2. The number of halogens is 2. The van der Waals surface area contributed by atoms with E-state index in [1.165, 1.54) is 0 Å². The van der Waals surface area contributed by atoms with E-state index in [2.05, 4.69) is 0 Å². The first kappa shape index (κ1) is 42.4. The van der Waals surface area contributed by atoms with Gasteiger partial charge in [0.05, 0.1) is 5.75 Å². The number of benzene rings is 3. The van der Waals surface area contributed by atoms with Crippen molar-refractivity contribution in [2.24, 2.45) is 0 Å². The molecule has 43 heavy (non-hydrogen) atoms. The summed E-state index contributed by atoms with van der Waals surface area (Å²) in [5, 5.41) is 0. The smallest absolute Gasteiger partial charge is 1.00 e. The molecule has 0 saturated carbocycles. The van der Waals surface area contributed by atoms with Gasteiger partial charge in [-0.05, 0) is 55.7 Å². The molecule has 5 rings (SSSR count). The molecule has 0 heterocycles. The Hall–Kier alpha value is -2.78. The molecule has 0 spiro atoms. The molecule has 0 unspecified atom stereocenters. The van der Waals surface area contributed by atoms with Gasteiger partial charge in [0.2, 0.25) is 0 Å². The number of hydrogen-bond donors (Lipinski definition) is 0. The van der Waals surface area contributed by atoms with E-state index < -0.39 is 0 Å². The summed E-state index contributed by atoms with van der Waals surface area (Å²) in [6, 6.07) is 41.8. The zero-order chi connectivity index (χ0) is 29.0. The molecule has 0 atom stereocenters. The topological polar surface area (TPSA) is 27.7 Å². The van der Waals surface area contributed by atoms with Crippen molar-refractivity contribution in [2.75, 3.05) is 6.61 Å². The van der Waals surface area contributed by atoms with Crippen LogP contribution in [0.2, 0.25) is 0 Å². The Morgan fingerprint density at radius 3 is 1.51 bits per heavy atom. The van der Waals surface area contributed by atoms with Crippen LogP contribution in [-0.2, 0) is 26.2 Å². The molecule has 0 aliphatic rings. The predicted octanol–water partition coefficient (Wildman–Crippen LogP) is 4.46. The summed E-state index contributed by atoms with van der Waals surface area (Å²) in [7, 11) is 0. The second kappa shape index (κ2) is 25.7. The van der Waals surface area contributed by atoms with E-state index in [0.29, 0.717) is 6.61 Å². The number of hydrogen-bond acceptors (Lipinski definition) is 3. The van der Waals surface area contributed by atoms with E-state index in [-0.39, 0.29) is 51.0 Å². The van der Waals surface area contributed by atoms with E-state index in [1.54, 1.807) is 0 Å². The van der Waals surface area contributed by atoms with Crippen molar-refractivity contribution >= 4 is 0 Å². The Morgan fingerprint density at radius 1 is 0.628 bits per heavy atom. The largest absolute Gasteiger partial charge is 4.00 e. The first-order chi connectivity index (χ1) is 19.4. The first-order valence-electron chi connectivity index (χ1n) is 13.5. The fourth-order valence-corrected chi connectivity index (χ4v) is 3.33. The van der Waals surface area contributed by atoms with Crippen molar-refractivity contribution < 1.29 is 65.2 Å². The second-order valence-corrected chi connectivity index (χ2v) is 9.15. The van der Waals surface area contributed by atoms with Gasteiger partial charge in [-0.25, -0.2) is 18.2 Å². The number of ether oxygens (including phenoxy) is 3. The quantitative estimate of drug-likeness (QED) is 0.236. The van der Waals surface area contributed by atoms with Crippen molar-refractivity contribution in [3.8, 4) is 23.0 Å². The summed E-state index contributed by atoms with van der Waals surface area (Å²) in [6.07, 6.45) is 2.84. The Bertz CT molecular complexity index is 1290. The van der Waals surface area contributed by atoms with Crippen molar-refractivity contribution in [1.29, 1.82) is 0 Å². The Kier molecular flexibility index (Phi) is 25.3. The van der Waals surface area contributed by atoms with Crippen LogP contribution in [-0.4, -0.2) is 6.61 Å². The van der Waals surface area contributed by atoms with Crippen molar-refractivity contribution in [3.63, 3.8) is 0 Å². The van der Waals surface area contributed by atoms with Crippen LogP contribution in [0.4, 0.5) is 0 Å². The van der Waals surface area contributed by atoms with Gasteiger partial charge in [-0.2, -0.15) is 51.1 Å². The van der Waals surface area contributed by atoms with Crippen LogP contribution in [0.5, 0.6) is 23.0 Å². The van der Waals surface area contributed by atoms with Gasteiger partial charge < -0.3 is 45.4 Å².